The monoisotopic (exact) mass is 466 g/mol. The lowest BCUT2D eigenvalue weighted by Gasteiger charge is -2.25. The molecule has 0 spiro atoms. The highest BCUT2D eigenvalue weighted by molar-refractivity contribution is 6.23. The Kier molecular flexibility index (Phi) is 6.53. The molecule has 0 saturated carbocycles. The van der Waals surface area contributed by atoms with Crippen molar-refractivity contribution in [2.75, 3.05) is 12.4 Å². The molecule has 1 unspecified atom stereocenters. The molecule has 34 heavy (non-hydrogen) atoms. The van der Waals surface area contributed by atoms with Crippen molar-refractivity contribution in [3.63, 3.8) is 0 Å². The largest absolute Gasteiger partial charge is 0.493 e. The quantitative estimate of drug-likeness (QED) is 0.505. The number of amides is 3. The maximum Gasteiger partial charge on any atom is 0.387 e. The van der Waals surface area contributed by atoms with E-state index in [4.69, 9.17) is 4.74 Å². The lowest BCUT2D eigenvalue weighted by molar-refractivity contribution is -0.119. The molecule has 3 aromatic rings. The minimum atomic E-state index is -3.09. The Balaban J connectivity index is 1.66. The van der Waals surface area contributed by atoms with Gasteiger partial charge in [0.1, 0.15) is 6.04 Å². The number of alkyl halides is 2. The third-order valence-corrected chi connectivity index (χ3v) is 5.36. The van der Waals surface area contributed by atoms with Gasteiger partial charge >= 0.3 is 6.61 Å². The van der Waals surface area contributed by atoms with E-state index < -0.39 is 30.4 Å². The Morgan fingerprint density at radius 2 is 1.53 bits per heavy atom. The van der Waals surface area contributed by atoms with Gasteiger partial charge in [-0.3, -0.25) is 19.3 Å². The first-order valence-electron chi connectivity index (χ1n) is 10.3. The molecule has 3 aromatic carbocycles. The summed E-state index contributed by atoms with van der Waals surface area (Å²) in [7, 11) is 1.30. The van der Waals surface area contributed by atoms with Crippen LogP contribution in [0.25, 0.3) is 0 Å². The minimum absolute atomic E-state index is 0.0551. The summed E-state index contributed by atoms with van der Waals surface area (Å²) in [6.45, 7) is -3.09. The van der Waals surface area contributed by atoms with Crippen molar-refractivity contribution < 1.29 is 32.6 Å². The molecule has 1 heterocycles. The zero-order chi connectivity index (χ0) is 24.2. The van der Waals surface area contributed by atoms with E-state index in [-0.39, 0.29) is 34.7 Å². The zero-order valence-corrected chi connectivity index (χ0v) is 18.0. The van der Waals surface area contributed by atoms with Crippen molar-refractivity contribution in [2.45, 2.75) is 19.1 Å². The van der Waals surface area contributed by atoms with Crippen molar-refractivity contribution in [2.24, 2.45) is 0 Å². The van der Waals surface area contributed by atoms with Gasteiger partial charge in [-0.2, -0.15) is 8.78 Å². The maximum atomic E-state index is 13.4. The summed E-state index contributed by atoms with van der Waals surface area (Å²) in [4.78, 5) is 40.4. The van der Waals surface area contributed by atoms with Crippen molar-refractivity contribution in [1.82, 2.24) is 4.90 Å². The molecule has 0 radical (unpaired) electrons. The van der Waals surface area contributed by atoms with Crippen LogP contribution in [0.2, 0.25) is 0 Å². The Morgan fingerprint density at radius 3 is 2.12 bits per heavy atom. The second kappa shape index (κ2) is 9.70. The predicted octanol–water partition coefficient (Wildman–Crippen LogP) is 4.14. The van der Waals surface area contributed by atoms with Crippen LogP contribution in [-0.4, -0.2) is 42.4 Å². The van der Waals surface area contributed by atoms with Crippen LogP contribution < -0.4 is 14.8 Å². The van der Waals surface area contributed by atoms with Crippen LogP contribution in [0.5, 0.6) is 11.5 Å². The molecule has 174 valence electrons. The first kappa shape index (κ1) is 22.9. The number of carbonyl (C=O) groups is 3. The molecule has 9 heteroatoms. The number of nitrogens with one attached hydrogen (secondary N) is 1. The normalized spacial score (nSPS) is 13.6. The number of rotatable bonds is 8. The van der Waals surface area contributed by atoms with E-state index in [0.717, 1.165) is 10.5 Å². The summed E-state index contributed by atoms with van der Waals surface area (Å²) in [6, 6.07) is 18.1. The van der Waals surface area contributed by atoms with Crippen LogP contribution in [0, 0.1) is 0 Å². The fraction of sp³-hybridized carbons (Fsp3) is 0.160. The predicted molar refractivity (Wildman–Crippen MR) is 119 cm³/mol. The summed E-state index contributed by atoms with van der Waals surface area (Å²) < 4.78 is 35.0. The van der Waals surface area contributed by atoms with Crippen molar-refractivity contribution >= 4 is 23.4 Å². The highest BCUT2D eigenvalue weighted by atomic mass is 19.3. The highest BCUT2D eigenvalue weighted by Crippen LogP contribution is 2.32. The smallest absolute Gasteiger partial charge is 0.387 e. The molecule has 1 aliphatic heterocycles. The van der Waals surface area contributed by atoms with Gasteiger partial charge in [0.25, 0.3) is 11.8 Å². The first-order valence-corrected chi connectivity index (χ1v) is 10.3. The van der Waals surface area contributed by atoms with Crippen LogP contribution in [0.4, 0.5) is 14.5 Å². The van der Waals surface area contributed by atoms with E-state index in [1.807, 2.05) is 6.07 Å². The number of imide groups is 1. The summed E-state index contributed by atoms with van der Waals surface area (Å²) in [6.07, 6.45) is 0.0642. The van der Waals surface area contributed by atoms with Crippen LogP contribution in [0.1, 0.15) is 26.3 Å². The lowest BCUT2D eigenvalue weighted by Crippen LogP contribution is -2.48. The van der Waals surface area contributed by atoms with E-state index in [9.17, 15) is 23.2 Å². The fourth-order valence-corrected chi connectivity index (χ4v) is 3.80. The van der Waals surface area contributed by atoms with Gasteiger partial charge in [0.05, 0.1) is 18.2 Å². The van der Waals surface area contributed by atoms with Crippen molar-refractivity contribution in [3.8, 4) is 11.5 Å². The van der Waals surface area contributed by atoms with E-state index in [2.05, 4.69) is 10.1 Å². The molecule has 3 amide bonds. The van der Waals surface area contributed by atoms with Crippen molar-refractivity contribution in [1.29, 1.82) is 0 Å². The topological polar surface area (TPSA) is 84.9 Å². The van der Waals surface area contributed by atoms with Crippen LogP contribution in [-0.2, 0) is 11.2 Å². The van der Waals surface area contributed by atoms with Crippen LogP contribution in [0.15, 0.2) is 72.8 Å². The van der Waals surface area contributed by atoms with Gasteiger partial charge in [0, 0.05) is 18.2 Å². The van der Waals surface area contributed by atoms with E-state index in [0.29, 0.717) is 0 Å². The van der Waals surface area contributed by atoms with Gasteiger partial charge in [-0.15, -0.1) is 0 Å². The minimum Gasteiger partial charge on any atom is -0.493 e. The highest BCUT2D eigenvalue weighted by Gasteiger charge is 2.42. The average molecular weight is 466 g/mol. The van der Waals surface area contributed by atoms with Crippen LogP contribution >= 0.6 is 0 Å². The molecular formula is C25H20F2N2O5. The number of hydrogen-bond donors (Lipinski definition) is 1. The molecule has 1 N–H and O–H groups in total. The number of hydrogen-bond acceptors (Lipinski definition) is 5. The van der Waals surface area contributed by atoms with Gasteiger partial charge in [0.15, 0.2) is 11.5 Å². The van der Waals surface area contributed by atoms with Gasteiger partial charge in [-0.25, -0.2) is 0 Å². The number of anilines is 1. The molecule has 1 atom stereocenters. The number of carbonyl (C=O) groups excluding carboxylic acids is 3. The summed E-state index contributed by atoms with van der Waals surface area (Å²) >= 11 is 0. The molecule has 0 aliphatic carbocycles. The standard InChI is InChI=1S/C25H20F2N2O5/c1-33-20-12-11-16(14-21(20)34-25(26)27)28-22(30)19(13-15-7-3-2-4-8-15)29-23(31)17-9-5-6-10-18(17)24(29)32/h2-12,14,19,25H,13H2,1H3,(H,28,30). The molecular weight excluding hydrogens is 446 g/mol. The summed E-state index contributed by atoms with van der Waals surface area (Å²) in [5, 5.41) is 2.61. The van der Waals surface area contributed by atoms with E-state index >= 15 is 0 Å². The Labute approximate surface area is 193 Å². The third-order valence-electron chi connectivity index (χ3n) is 5.36. The molecule has 1 aliphatic rings. The Bertz CT molecular complexity index is 1200. The molecule has 0 aromatic heterocycles. The Morgan fingerprint density at radius 1 is 0.912 bits per heavy atom. The number of ether oxygens (including phenoxy) is 2. The SMILES string of the molecule is COc1ccc(NC(=O)C(Cc2ccccc2)N2C(=O)c3ccccc3C2=O)cc1OC(F)F. The number of halogens is 2. The summed E-state index contributed by atoms with van der Waals surface area (Å²) in [5.41, 5.74) is 1.30. The van der Waals surface area contributed by atoms with Gasteiger partial charge in [-0.1, -0.05) is 42.5 Å². The number of methoxy groups -OCH3 is 1. The molecule has 7 nitrogen and oxygen atoms in total. The second-order valence-corrected chi connectivity index (χ2v) is 7.46. The average Bonchev–Trinajstić information content (AvgIpc) is 3.08. The van der Waals surface area contributed by atoms with Gasteiger partial charge in [0.2, 0.25) is 5.91 Å². The molecule has 0 saturated heterocycles. The second-order valence-electron chi connectivity index (χ2n) is 7.46. The van der Waals surface area contributed by atoms with E-state index in [1.54, 1.807) is 36.4 Å². The maximum absolute atomic E-state index is 13.4. The summed E-state index contributed by atoms with van der Waals surface area (Å²) in [5.74, 6) is -2.03. The van der Waals surface area contributed by atoms with Gasteiger partial charge in [-0.05, 0) is 29.8 Å². The Hall–Kier alpha value is -4.27. The number of benzene rings is 3. The first-order chi connectivity index (χ1) is 16.4. The number of fused-ring (bicyclic) bond motifs is 1. The van der Waals surface area contributed by atoms with E-state index in [1.165, 1.54) is 37.4 Å². The molecule has 4 rings (SSSR count). The third kappa shape index (κ3) is 4.59. The molecule has 0 fully saturated rings. The molecule has 0 bridgehead atoms. The fourth-order valence-electron chi connectivity index (χ4n) is 3.80. The van der Waals surface area contributed by atoms with Crippen molar-refractivity contribution in [3.05, 3.63) is 89.5 Å². The zero-order valence-electron chi connectivity index (χ0n) is 18.0. The van der Waals surface area contributed by atoms with Crippen LogP contribution in [0.3, 0.4) is 0 Å². The number of nitrogens with zero attached hydrogens (tertiary/aromatic N) is 1. The van der Waals surface area contributed by atoms with Gasteiger partial charge < -0.3 is 14.8 Å². The lowest BCUT2D eigenvalue weighted by atomic mass is 10.0.